The second-order valence-corrected chi connectivity index (χ2v) is 6.66. The van der Waals surface area contributed by atoms with Crippen molar-refractivity contribution in [2.45, 2.75) is 32.6 Å². The molecular weight excluding hydrogens is 326 g/mol. The van der Waals surface area contributed by atoms with Gasteiger partial charge in [0.1, 0.15) is 0 Å². The highest BCUT2D eigenvalue weighted by molar-refractivity contribution is 5.25. The predicted molar refractivity (Wildman–Crippen MR) is 105 cm³/mol. The lowest BCUT2D eigenvalue weighted by molar-refractivity contribution is 0.00736. The Labute approximate surface area is 157 Å². The van der Waals surface area contributed by atoms with Gasteiger partial charge < -0.3 is 14.6 Å². The van der Waals surface area contributed by atoms with Crippen molar-refractivity contribution in [2.75, 3.05) is 33.4 Å². The molecule has 0 heterocycles. The summed E-state index contributed by atoms with van der Waals surface area (Å²) in [7, 11) is 1.72. The number of methoxy groups -OCH3 is 1. The Morgan fingerprint density at radius 2 is 1.77 bits per heavy atom. The molecule has 0 aliphatic carbocycles. The van der Waals surface area contributed by atoms with E-state index in [2.05, 4.69) is 36.1 Å². The van der Waals surface area contributed by atoms with Crippen molar-refractivity contribution in [3.63, 3.8) is 0 Å². The number of aliphatic hydroxyl groups is 1. The lowest BCUT2D eigenvalue weighted by Crippen LogP contribution is -2.35. The van der Waals surface area contributed by atoms with Gasteiger partial charge in [0.25, 0.3) is 0 Å². The minimum atomic E-state index is -0.509. The summed E-state index contributed by atoms with van der Waals surface area (Å²) in [5, 5.41) is 10.4. The SMILES string of the molecule is COCCCN(Cc1ccccc1C)C[C@H](O)COCc1ccccc1. The minimum Gasteiger partial charge on any atom is -0.389 e. The van der Waals surface area contributed by atoms with Crippen LogP contribution in [0.15, 0.2) is 54.6 Å². The fourth-order valence-electron chi connectivity index (χ4n) is 2.93. The van der Waals surface area contributed by atoms with Gasteiger partial charge in [-0.25, -0.2) is 0 Å². The third kappa shape index (κ3) is 7.67. The zero-order valence-corrected chi connectivity index (χ0v) is 15.9. The van der Waals surface area contributed by atoms with Gasteiger partial charge in [0.05, 0.1) is 19.3 Å². The molecule has 142 valence electrons. The molecule has 0 aromatic heterocycles. The summed E-state index contributed by atoms with van der Waals surface area (Å²) in [6.45, 7) is 6.02. The number of aryl methyl sites for hydroxylation is 1. The molecule has 0 aliphatic heterocycles. The molecule has 4 heteroatoms. The second kappa shape index (κ2) is 11.8. The van der Waals surface area contributed by atoms with Crippen LogP contribution in [0, 0.1) is 6.92 Å². The van der Waals surface area contributed by atoms with Crippen molar-refractivity contribution in [3.8, 4) is 0 Å². The summed E-state index contributed by atoms with van der Waals surface area (Å²) in [6.07, 6.45) is 0.435. The maximum Gasteiger partial charge on any atom is 0.0900 e. The molecule has 4 nitrogen and oxygen atoms in total. The van der Waals surface area contributed by atoms with Crippen LogP contribution in [-0.4, -0.2) is 49.5 Å². The van der Waals surface area contributed by atoms with E-state index < -0.39 is 6.10 Å². The number of rotatable bonds is 12. The molecule has 0 fully saturated rings. The molecule has 0 amide bonds. The Kier molecular flexibility index (Phi) is 9.35. The smallest absolute Gasteiger partial charge is 0.0900 e. The number of aliphatic hydroxyl groups excluding tert-OH is 1. The molecular formula is C22H31NO3. The van der Waals surface area contributed by atoms with Gasteiger partial charge in [-0.15, -0.1) is 0 Å². The van der Waals surface area contributed by atoms with Crippen molar-refractivity contribution in [1.29, 1.82) is 0 Å². The van der Waals surface area contributed by atoms with Crippen LogP contribution in [0.5, 0.6) is 0 Å². The monoisotopic (exact) mass is 357 g/mol. The van der Waals surface area contributed by atoms with E-state index in [-0.39, 0.29) is 0 Å². The van der Waals surface area contributed by atoms with Crippen LogP contribution in [0.3, 0.4) is 0 Å². The van der Waals surface area contributed by atoms with E-state index in [1.165, 1.54) is 11.1 Å². The highest BCUT2D eigenvalue weighted by Gasteiger charge is 2.13. The Bertz CT molecular complexity index is 618. The Hall–Kier alpha value is -1.72. The molecule has 1 N–H and O–H groups in total. The molecule has 2 aromatic rings. The van der Waals surface area contributed by atoms with Gasteiger partial charge in [-0.1, -0.05) is 54.6 Å². The van der Waals surface area contributed by atoms with E-state index in [4.69, 9.17) is 9.47 Å². The van der Waals surface area contributed by atoms with Crippen LogP contribution in [0.4, 0.5) is 0 Å². The molecule has 0 saturated carbocycles. The number of hydrogen-bond acceptors (Lipinski definition) is 4. The lowest BCUT2D eigenvalue weighted by atomic mass is 10.1. The van der Waals surface area contributed by atoms with Gasteiger partial charge in [0.15, 0.2) is 0 Å². The second-order valence-electron chi connectivity index (χ2n) is 6.66. The van der Waals surface area contributed by atoms with Crippen LogP contribution >= 0.6 is 0 Å². The third-order valence-corrected chi connectivity index (χ3v) is 4.37. The maximum atomic E-state index is 10.4. The Morgan fingerprint density at radius 1 is 1.04 bits per heavy atom. The minimum absolute atomic E-state index is 0.337. The van der Waals surface area contributed by atoms with Crippen molar-refractivity contribution >= 4 is 0 Å². The summed E-state index contributed by atoms with van der Waals surface area (Å²) < 4.78 is 10.9. The first-order valence-electron chi connectivity index (χ1n) is 9.24. The first-order valence-corrected chi connectivity index (χ1v) is 9.24. The van der Waals surface area contributed by atoms with Gasteiger partial charge >= 0.3 is 0 Å². The van der Waals surface area contributed by atoms with Crippen molar-refractivity contribution in [1.82, 2.24) is 4.90 Å². The first kappa shape index (κ1) is 20.6. The molecule has 0 unspecified atom stereocenters. The largest absolute Gasteiger partial charge is 0.389 e. The summed E-state index contributed by atoms with van der Waals surface area (Å²) >= 11 is 0. The molecule has 0 bridgehead atoms. The first-order chi connectivity index (χ1) is 12.7. The van der Waals surface area contributed by atoms with E-state index in [1.54, 1.807) is 7.11 Å². The summed E-state index contributed by atoms with van der Waals surface area (Å²) in [5.41, 5.74) is 3.69. The average Bonchev–Trinajstić information content (AvgIpc) is 2.64. The zero-order chi connectivity index (χ0) is 18.6. The van der Waals surface area contributed by atoms with E-state index in [0.717, 1.165) is 31.7 Å². The lowest BCUT2D eigenvalue weighted by Gasteiger charge is -2.26. The summed E-state index contributed by atoms with van der Waals surface area (Å²) in [4.78, 5) is 2.28. The van der Waals surface area contributed by atoms with E-state index in [0.29, 0.717) is 19.8 Å². The fraction of sp³-hybridized carbons (Fsp3) is 0.455. The van der Waals surface area contributed by atoms with Gasteiger partial charge in [-0.2, -0.15) is 0 Å². The van der Waals surface area contributed by atoms with Crippen LogP contribution in [-0.2, 0) is 22.6 Å². The van der Waals surface area contributed by atoms with Crippen LogP contribution < -0.4 is 0 Å². The molecule has 0 aliphatic rings. The van der Waals surface area contributed by atoms with Crippen LogP contribution in [0.1, 0.15) is 23.1 Å². The summed E-state index contributed by atoms with van der Waals surface area (Å²) in [6, 6.07) is 18.4. The average molecular weight is 357 g/mol. The number of benzene rings is 2. The highest BCUT2D eigenvalue weighted by Crippen LogP contribution is 2.12. The summed E-state index contributed by atoms with van der Waals surface area (Å²) in [5.74, 6) is 0. The molecule has 0 saturated heterocycles. The molecule has 0 radical (unpaired) electrons. The highest BCUT2D eigenvalue weighted by atomic mass is 16.5. The van der Waals surface area contributed by atoms with E-state index >= 15 is 0 Å². The van der Waals surface area contributed by atoms with Crippen molar-refractivity contribution in [2.24, 2.45) is 0 Å². The third-order valence-electron chi connectivity index (χ3n) is 4.37. The fourth-order valence-corrected chi connectivity index (χ4v) is 2.93. The normalized spacial score (nSPS) is 12.5. The zero-order valence-electron chi connectivity index (χ0n) is 15.9. The molecule has 2 aromatic carbocycles. The standard InChI is InChI=1S/C22H31NO3/c1-19-9-6-7-12-21(19)15-23(13-8-14-25-2)16-22(24)18-26-17-20-10-4-3-5-11-20/h3-7,9-12,22,24H,8,13-18H2,1-2H3/t22-/m0/s1. The molecule has 1 atom stereocenters. The number of nitrogens with zero attached hydrogens (tertiary/aromatic N) is 1. The maximum absolute atomic E-state index is 10.4. The predicted octanol–water partition coefficient (Wildman–Crippen LogP) is 3.41. The number of ether oxygens (including phenoxy) is 2. The quantitative estimate of drug-likeness (QED) is 0.591. The molecule has 2 rings (SSSR count). The molecule has 26 heavy (non-hydrogen) atoms. The topological polar surface area (TPSA) is 41.9 Å². The van der Waals surface area contributed by atoms with Gasteiger partial charge in [-0.05, 0) is 30.0 Å². The van der Waals surface area contributed by atoms with Gasteiger partial charge in [-0.3, -0.25) is 4.90 Å². The number of hydrogen-bond donors (Lipinski definition) is 1. The van der Waals surface area contributed by atoms with E-state index in [1.807, 2.05) is 30.3 Å². The van der Waals surface area contributed by atoms with Crippen molar-refractivity contribution < 1.29 is 14.6 Å². The Balaban J connectivity index is 1.83. The Morgan fingerprint density at radius 3 is 2.50 bits per heavy atom. The van der Waals surface area contributed by atoms with Gasteiger partial charge in [0.2, 0.25) is 0 Å². The molecule has 0 spiro atoms. The van der Waals surface area contributed by atoms with Crippen LogP contribution in [0.2, 0.25) is 0 Å². The van der Waals surface area contributed by atoms with E-state index in [9.17, 15) is 5.11 Å². The van der Waals surface area contributed by atoms with Crippen LogP contribution in [0.25, 0.3) is 0 Å². The van der Waals surface area contributed by atoms with Gasteiger partial charge in [0, 0.05) is 33.4 Å². The van der Waals surface area contributed by atoms with Crippen molar-refractivity contribution in [3.05, 3.63) is 71.3 Å².